The van der Waals surface area contributed by atoms with E-state index in [4.69, 9.17) is 0 Å². The molecule has 12 heteroatoms. The number of nitrogens with zero attached hydrogens (tertiary/aromatic N) is 8. The van der Waals surface area contributed by atoms with E-state index >= 15 is 0 Å². The van der Waals surface area contributed by atoms with Gasteiger partial charge < -0.3 is 4.90 Å². The molecule has 0 radical (unpaired) electrons. The Kier molecular flexibility index (Phi) is 5.11. The molecule has 1 aliphatic heterocycles. The zero-order chi connectivity index (χ0) is 20.4. The Morgan fingerprint density at radius 2 is 2.00 bits per heavy atom. The van der Waals surface area contributed by atoms with Crippen LogP contribution in [0.15, 0.2) is 47.9 Å². The van der Waals surface area contributed by atoms with Crippen molar-refractivity contribution in [1.29, 1.82) is 0 Å². The number of carbonyl (C=O) groups is 1. The lowest BCUT2D eigenvalue weighted by atomic mass is 10.1. The van der Waals surface area contributed by atoms with Crippen LogP contribution >= 0.6 is 0 Å². The van der Waals surface area contributed by atoms with Crippen LogP contribution in [0.3, 0.4) is 0 Å². The Morgan fingerprint density at radius 1 is 1.14 bits per heavy atom. The topological polar surface area (TPSA) is 119 Å². The number of hydrogen-bond acceptors (Lipinski definition) is 7. The summed E-state index contributed by atoms with van der Waals surface area (Å²) in [6, 6.07) is 7.01. The minimum Gasteiger partial charge on any atom is -0.337 e. The van der Waals surface area contributed by atoms with Crippen LogP contribution in [0.25, 0.3) is 5.69 Å². The van der Waals surface area contributed by atoms with Crippen LogP contribution in [0.4, 0.5) is 0 Å². The third-order valence-electron chi connectivity index (χ3n) is 4.77. The number of rotatable bonds is 4. The first-order chi connectivity index (χ1) is 13.9. The molecule has 1 aromatic carbocycles. The molecule has 0 N–H and O–H groups in total. The van der Waals surface area contributed by atoms with Crippen LogP contribution in [0.1, 0.15) is 16.8 Å². The summed E-state index contributed by atoms with van der Waals surface area (Å²) in [5, 5.41) is 15.0. The van der Waals surface area contributed by atoms with Crippen LogP contribution in [-0.4, -0.2) is 79.7 Å². The molecule has 1 aliphatic rings. The van der Waals surface area contributed by atoms with Gasteiger partial charge in [-0.2, -0.15) is 9.40 Å². The second-order valence-electron chi connectivity index (χ2n) is 6.70. The van der Waals surface area contributed by atoms with Crippen molar-refractivity contribution in [1.82, 2.24) is 39.2 Å². The molecule has 0 saturated carbocycles. The zero-order valence-corrected chi connectivity index (χ0v) is 16.6. The minimum absolute atomic E-state index is 0.152. The summed E-state index contributed by atoms with van der Waals surface area (Å²) in [6.45, 7) is 1.38. The molecule has 1 saturated heterocycles. The molecular weight excluding hydrogens is 396 g/mol. The molecule has 0 spiro atoms. The van der Waals surface area contributed by atoms with Gasteiger partial charge in [-0.3, -0.25) is 9.48 Å². The quantitative estimate of drug-likeness (QED) is 0.584. The first kappa shape index (κ1) is 19.2. The summed E-state index contributed by atoms with van der Waals surface area (Å²) in [4.78, 5) is 14.8. The maximum absolute atomic E-state index is 13.0. The second-order valence-corrected chi connectivity index (χ2v) is 8.64. The van der Waals surface area contributed by atoms with Crippen molar-refractivity contribution in [2.45, 2.75) is 11.3 Å². The molecule has 4 rings (SSSR count). The SMILES string of the molecule is Cn1cc(S(=O)(=O)N2CCCN(C(=O)c3cccc(-n4cnnn4)c3)CC2)cn1. The molecule has 1 amide bonds. The number of amides is 1. The van der Waals surface area contributed by atoms with E-state index in [-0.39, 0.29) is 17.3 Å². The molecular formula is C17H20N8O3S. The van der Waals surface area contributed by atoms with Gasteiger partial charge in [0.15, 0.2) is 0 Å². The van der Waals surface area contributed by atoms with Gasteiger partial charge in [0.2, 0.25) is 10.0 Å². The highest BCUT2D eigenvalue weighted by molar-refractivity contribution is 7.89. The van der Waals surface area contributed by atoms with Crippen LogP contribution in [-0.2, 0) is 17.1 Å². The lowest BCUT2D eigenvalue weighted by Crippen LogP contribution is -2.37. The standard InChI is InChI=1S/C17H20N8O3S/c1-22-12-16(11-19-22)29(27,28)24-7-3-6-23(8-9-24)17(26)14-4-2-5-15(10-14)25-13-18-20-21-25/h2,4-5,10-13H,3,6-9H2,1H3. The Morgan fingerprint density at radius 3 is 2.72 bits per heavy atom. The van der Waals surface area contributed by atoms with Crippen LogP contribution in [0.5, 0.6) is 0 Å². The molecule has 0 atom stereocenters. The van der Waals surface area contributed by atoms with Gasteiger partial charge in [-0.15, -0.1) is 5.10 Å². The van der Waals surface area contributed by atoms with E-state index in [1.54, 1.807) is 36.2 Å². The van der Waals surface area contributed by atoms with Crippen molar-refractivity contribution in [2.75, 3.05) is 26.2 Å². The zero-order valence-electron chi connectivity index (χ0n) is 15.8. The molecule has 1 fully saturated rings. The predicted molar refractivity (Wildman–Crippen MR) is 102 cm³/mol. The number of aromatic nitrogens is 6. The lowest BCUT2D eigenvalue weighted by Gasteiger charge is -2.21. The summed E-state index contributed by atoms with van der Waals surface area (Å²) in [5.41, 5.74) is 1.18. The van der Waals surface area contributed by atoms with Crippen molar-refractivity contribution in [3.63, 3.8) is 0 Å². The van der Waals surface area contributed by atoms with E-state index in [1.165, 1.54) is 32.4 Å². The van der Waals surface area contributed by atoms with E-state index in [9.17, 15) is 13.2 Å². The smallest absolute Gasteiger partial charge is 0.253 e. The van der Waals surface area contributed by atoms with E-state index in [0.29, 0.717) is 37.3 Å². The average molecular weight is 416 g/mol. The van der Waals surface area contributed by atoms with Gasteiger partial charge in [0.25, 0.3) is 5.91 Å². The minimum atomic E-state index is -3.63. The summed E-state index contributed by atoms with van der Waals surface area (Å²) >= 11 is 0. The van der Waals surface area contributed by atoms with Crippen LogP contribution < -0.4 is 0 Å². The Labute approximate surface area is 167 Å². The number of benzene rings is 1. The van der Waals surface area contributed by atoms with Crippen molar-refractivity contribution in [3.8, 4) is 5.69 Å². The highest BCUT2D eigenvalue weighted by Crippen LogP contribution is 2.18. The molecule has 0 aliphatic carbocycles. The monoisotopic (exact) mass is 416 g/mol. The van der Waals surface area contributed by atoms with Gasteiger partial charge in [0.1, 0.15) is 11.2 Å². The summed E-state index contributed by atoms with van der Waals surface area (Å²) < 4.78 is 30.0. The van der Waals surface area contributed by atoms with Crippen LogP contribution in [0.2, 0.25) is 0 Å². The number of aryl methyl sites for hydroxylation is 1. The van der Waals surface area contributed by atoms with E-state index < -0.39 is 10.0 Å². The normalized spacial score (nSPS) is 16.0. The Bertz CT molecular complexity index is 1110. The summed E-state index contributed by atoms with van der Waals surface area (Å²) in [5.74, 6) is -0.152. The fraction of sp³-hybridized carbons (Fsp3) is 0.353. The molecule has 3 aromatic rings. The molecule has 0 bridgehead atoms. The van der Waals surface area contributed by atoms with Gasteiger partial charge in [-0.05, 0) is 35.0 Å². The Balaban J connectivity index is 1.49. The predicted octanol–water partition coefficient (Wildman–Crippen LogP) is -0.0674. The number of carbonyl (C=O) groups excluding carboxylic acids is 1. The van der Waals surface area contributed by atoms with Gasteiger partial charge in [0.05, 0.1) is 11.9 Å². The van der Waals surface area contributed by atoms with Crippen LogP contribution in [0, 0.1) is 0 Å². The van der Waals surface area contributed by atoms with Crippen molar-refractivity contribution >= 4 is 15.9 Å². The first-order valence-electron chi connectivity index (χ1n) is 9.07. The fourth-order valence-electron chi connectivity index (χ4n) is 3.26. The van der Waals surface area contributed by atoms with Crippen molar-refractivity contribution in [2.24, 2.45) is 7.05 Å². The fourth-order valence-corrected chi connectivity index (χ4v) is 4.72. The first-order valence-corrected chi connectivity index (χ1v) is 10.5. The van der Waals surface area contributed by atoms with E-state index in [1.807, 2.05) is 0 Å². The number of tetrazole rings is 1. The molecule has 2 aromatic heterocycles. The maximum Gasteiger partial charge on any atom is 0.253 e. The Hall–Kier alpha value is -3.12. The molecule has 3 heterocycles. The van der Waals surface area contributed by atoms with Gasteiger partial charge >= 0.3 is 0 Å². The summed E-state index contributed by atoms with van der Waals surface area (Å²) in [7, 11) is -1.96. The highest BCUT2D eigenvalue weighted by atomic mass is 32.2. The van der Waals surface area contributed by atoms with Crippen molar-refractivity contribution < 1.29 is 13.2 Å². The average Bonchev–Trinajstić information content (AvgIpc) is 3.34. The maximum atomic E-state index is 13.0. The summed E-state index contributed by atoms with van der Waals surface area (Å²) in [6.07, 6.45) is 4.83. The van der Waals surface area contributed by atoms with Gasteiger partial charge in [-0.1, -0.05) is 6.07 Å². The van der Waals surface area contributed by atoms with Crippen molar-refractivity contribution in [3.05, 3.63) is 48.5 Å². The van der Waals surface area contributed by atoms with Gasteiger partial charge in [0, 0.05) is 45.0 Å². The van der Waals surface area contributed by atoms with E-state index in [2.05, 4.69) is 20.6 Å². The molecule has 11 nitrogen and oxygen atoms in total. The number of hydrogen-bond donors (Lipinski definition) is 0. The highest BCUT2D eigenvalue weighted by Gasteiger charge is 2.29. The molecule has 29 heavy (non-hydrogen) atoms. The second kappa shape index (κ2) is 7.72. The molecule has 0 unspecified atom stereocenters. The number of sulfonamides is 1. The third kappa shape index (κ3) is 3.89. The lowest BCUT2D eigenvalue weighted by molar-refractivity contribution is 0.0764. The van der Waals surface area contributed by atoms with E-state index in [0.717, 1.165) is 0 Å². The van der Waals surface area contributed by atoms with Gasteiger partial charge in [-0.25, -0.2) is 13.1 Å². The third-order valence-corrected chi connectivity index (χ3v) is 6.62. The largest absolute Gasteiger partial charge is 0.337 e. The molecule has 152 valence electrons.